The maximum absolute atomic E-state index is 12.3. The van der Waals surface area contributed by atoms with E-state index in [1.807, 2.05) is 49.4 Å². The van der Waals surface area contributed by atoms with Crippen LogP contribution in [0.1, 0.15) is 36.0 Å². The van der Waals surface area contributed by atoms with Crippen LogP contribution in [0.4, 0.5) is 5.69 Å². The lowest BCUT2D eigenvalue weighted by Gasteiger charge is -2.10. The van der Waals surface area contributed by atoms with E-state index in [2.05, 4.69) is 12.2 Å². The molecule has 1 heterocycles. The number of carbonyl (C=O) groups is 1. The number of nitrogens with one attached hydrogen (secondary N) is 1. The molecule has 2 aromatic rings. The van der Waals surface area contributed by atoms with Gasteiger partial charge >= 0.3 is 0 Å². The van der Waals surface area contributed by atoms with E-state index >= 15 is 0 Å². The third-order valence-corrected chi connectivity index (χ3v) is 4.08. The Morgan fingerprint density at radius 1 is 1.14 bits per heavy atom. The van der Waals surface area contributed by atoms with E-state index in [-0.39, 0.29) is 11.8 Å². The van der Waals surface area contributed by atoms with E-state index in [4.69, 9.17) is 4.74 Å². The van der Waals surface area contributed by atoms with Crippen molar-refractivity contribution in [1.82, 2.24) is 0 Å². The van der Waals surface area contributed by atoms with Gasteiger partial charge in [-0.15, -0.1) is 0 Å². The number of fused-ring (bicyclic) bond motifs is 1. The van der Waals surface area contributed by atoms with Gasteiger partial charge < -0.3 is 10.1 Å². The predicted molar refractivity (Wildman–Crippen MR) is 88.5 cm³/mol. The maximum atomic E-state index is 12.3. The monoisotopic (exact) mass is 295 g/mol. The standard InChI is InChI=1S/C19H21NO2/c1-3-11-22-15-9-7-14(8-10-15)12-17-16-6-4-5-13(2)18(16)20-19(17)21/h4-10,17H,3,11-12H2,1-2H3,(H,20,21). The molecule has 0 saturated carbocycles. The number of ether oxygens (including phenoxy) is 1. The molecule has 0 spiro atoms. The van der Waals surface area contributed by atoms with Crippen LogP contribution in [0.3, 0.4) is 0 Å². The third-order valence-electron chi connectivity index (χ3n) is 4.08. The molecule has 0 fully saturated rings. The molecule has 1 aliphatic rings. The molecule has 1 N–H and O–H groups in total. The van der Waals surface area contributed by atoms with Crippen LogP contribution in [0.2, 0.25) is 0 Å². The van der Waals surface area contributed by atoms with Crippen LogP contribution in [0.15, 0.2) is 42.5 Å². The highest BCUT2D eigenvalue weighted by atomic mass is 16.5. The van der Waals surface area contributed by atoms with Crippen molar-refractivity contribution in [1.29, 1.82) is 0 Å². The van der Waals surface area contributed by atoms with Crippen molar-refractivity contribution in [2.24, 2.45) is 0 Å². The van der Waals surface area contributed by atoms with Crippen molar-refractivity contribution >= 4 is 11.6 Å². The fourth-order valence-electron chi connectivity index (χ4n) is 2.88. The number of aryl methyl sites for hydroxylation is 1. The summed E-state index contributed by atoms with van der Waals surface area (Å²) < 4.78 is 5.59. The molecule has 2 aromatic carbocycles. The number of hydrogen-bond acceptors (Lipinski definition) is 2. The second-order valence-electron chi connectivity index (χ2n) is 5.78. The van der Waals surface area contributed by atoms with Gasteiger partial charge in [0.25, 0.3) is 0 Å². The normalized spacial score (nSPS) is 16.3. The highest BCUT2D eigenvalue weighted by Gasteiger charge is 2.31. The van der Waals surface area contributed by atoms with Gasteiger partial charge in [-0.25, -0.2) is 0 Å². The van der Waals surface area contributed by atoms with Crippen molar-refractivity contribution in [3.8, 4) is 5.75 Å². The highest BCUT2D eigenvalue weighted by molar-refractivity contribution is 6.03. The summed E-state index contributed by atoms with van der Waals surface area (Å²) in [5, 5.41) is 3.01. The Balaban J connectivity index is 1.76. The fraction of sp³-hybridized carbons (Fsp3) is 0.316. The minimum atomic E-state index is -0.0997. The average Bonchev–Trinajstić information content (AvgIpc) is 2.84. The lowest BCUT2D eigenvalue weighted by molar-refractivity contribution is -0.117. The van der Waals surface area contributed by atoms with Gasteiger partial charge in [-0.2, -0.15) is 0 Å². The third kappa shape index (κ3) is 2.84. The first-order valence-electron chi connectivity index (χ1n) is 7.81. The first kappa shape index (κ1) is 14.6. The van der Waals surface area contributed by atoms with Gasteiger partial charge in [-0.05, 0) is 48.6 Å². The Morgan fingerprint density at radius 3 is 2.64 bits per heavy atom. The van der Waals surface area contributed by atoms with E-state index in [9.17, 15) is 4.79 Å². The van der Waals surface area contributed by atoms with Gasteiger partial charge in [0, 0.05) is 5.69 Å². The molecule has 1 amide bonds. The first-order valence-corrected chi connectivity index (χ1v) is 7.81. The predicted octanol–water partition coefficient (Wildman–Crippen LogP) is 4.06. The Morgan fingerprint density at radius 2 is 1.91 bits per heavy atom. The Kier molecular flexibility index (Phi) is 4.14. The minimum absolute atomic E-state index is 0.0932. The molecule has 0 saturated heterocycles. The van der Waals surface area contributed by atoms with Crippen molar-refractivity contribution in [2.45, 2.75) is 32.6 Å². The van der Waals surface area contributed by atoms with Crippen LogP contribution < -0.4 is 10.1 Å². The molecule has 1 aliphatic heterocycles. The summed E-state index contributed by atoms with van der Waals surface area (Å²) in [4.78, 5) is 12.3. The van der Waals surface area contributed by atoms with Crippen LogP contribution in [-0.2, 0) is 11.2 Å². The Hall–Kier alpha value is -2.29. The van der Waals surface area contributed by atoms with Crippen molar-refractivity contribution < 1.29 is 9.53 Å². The number of carbonyl (C=O) groups excluding carboxylic acids is 1. The topological polar surface area (TPSA) is 38.3 Å². The summed E-state index contributed by atoms with van der Waals surface area (Å²) in [6, 6.07) is 14.1. The summed E-state index contributed by atoms with van der Waals surface area (Å²) in [5.74, 6) is 0.880. The van der Waals surface area contributed by atoms with Crippen LogP contribution in [0, 0.1) is 6.92 Å². The van der Waals surface area contributed by atoms with Crippen LogP contribution in [0.5, 0.6) is 5.75 Å². The summed E-state index contributed by atoms with van der Waals surface area (Å²) in [6.07, 6.45) is 1.72. The quantitative estimate of drug-likeness (QED) is 0.903. The van der Waals surface area contributed by atoms with Crippen LogP contribution in [0.25, 0.3) is 0 Å². The van der Waals surface area contributed by atoms with E-state index < -0.39 is 0 Å². The van der Waals surface area contributed by atoms with Crippen molar-refractivity contribution in [3.05, 3.63) is 59.2 Å². The van der Waals surface area contributed by atoms with Gasteiger partial charge in [0.1, 0.15) is 5.75 Å². The molecule has 1 atom stereocenters. The van der Waals surface area contributed by atoms with Gasteiger partial charge in [-0.3, -0.25) is 4.79 Å². The van der Waals surface area contributed by atoms with Crippen LogP contribution in [-0.4, -0.2) is 12.5 Å². The van der Waals surface area contributed by atoms with Gasteiger partial charge in [0.2, 0.25) is 5.91 Å². The Bertz CT molecular complexity index is 676. The van der Waals surface area contributed by atoms with Gasteiger partial charge in [0.05, 0.1) is 12.5 Å². The molecular weight excluding hydrogens is 274 g/mol. The highest BCUT2D eigenvalue weighted by Crippen LogP contribution is 2.36. The molecule has 0 radical (unpaired) electrons. The largest absolute Gasteiger partial charge is 0.494 e. The number of benzene rings is 2. The molecular formula is C19H21NO2. The van der Waals surface area contributed by atoms with Crippen molar-refractivity contribution in [3.63, 3.8) is 0 Å². The Labute approximate surface area is 131 Å². The van der Waals surface area contributed by atoms with E-state index in [1.54, 1.807) is 0 Å². The number of hydrogen-bond donors (Lipinski definition) is 1. The zero-order chi connectivity index (χ0) is 15.5. The molecule has 0 aromatic heterocycles. The molecule has 1 unspecified atom stereocenters. The van der Waals surface area contributed by atoms with E-state index in [1.165, 1.54) is 0 Å². The van der Waals surface area contributed by atoms with Gasteiger partial charge in [0.15, 0.2) is 0 Å². The summed E-state index contributed by atoms with van der Waals surface area (Å²) in [5.41, 5.74) is 4.37. The average molecular weight is 295 g/mol. The van der Waals surface area contributed by atoms with Gasteiger partial charge in [-0.1, -0.05) is 37.3 Å². The molecule has 3 heteroatoms. The van der Waals surface area contributed by atoms with Crippen LogP contribution >= 0.6 is 0 Å². The van der Waals surface area contributed by atoms with E-state index in [0.29, 0.717) is 0 Å². The molecule has 22 heavy (non-hydrogen) atoms. The molecule has 0 aliphatic carbocycles. The minimum Gasteiger partial charge on any atom is -0.494 e. The fourth-order valence-corrected chi connectivity index (χ4v) is 2.88. The molecule has 114 valence electrons. The first-order chi connectivity index (χ1) is 10.7. The summed E-state index contributed by atoms with van der Waals surface area (Å²) in [7, 11) is 0. The SMILES string of the molecule is CCCOc1ccc(CC2C(=O)Nc3c(C)cccc32)cc1. The number of para-hydroxylation sites is 1. The smallest absolute Gasteiger partial charge is 0.232 e. The van der Waals surface area contributed by atoms with Crippen molar-refractivity contribution in [2.75, 3.05) is 11.9 Å². The summed E-state index contributed by atoms with van der Waals surface area (Å²) in [6.45, 7) is 4.85. The lowest BCUT2D eigenvalue weighted by Crippen LogP contribution is -2.14. The molecule has 3 rings (SSSR count). The maximum Gasteiger partial charge on any atom is 0.232 e. The second kappa shape index (κ2) is 6.22. The summed E-state index contributed by atoms with van der Waals surface area (Å²) >= 11 is 0. The van der Waals surface area contributed by atoms with E-state index in [0.717, 1.165) is 47.6 Å². The zero-order valence-electron chi connectivity index (χ0n) is 13.1. The second-order valence-corrected chi connectivity index (χ2v) is 5.78. The molecule has 3 nitrogen and oxygen atoms in total. The number of anilines is 1. The zero-order valence-corrected chi connectivity index (χ0v) is 13.1. The molecule has 0 bridgehead atoms. The number of amides is 1. The lowest BCUT2D eigenvalue weighted by atomic mass is 9.92. The number of rotatable bonds is 5.